The topological polar surface area (TPSA) is 3.24 Å². The highest BCUT2D eigenvalue weighted by molar-refractivity contribution is 5.49. The van der Waals surface area contributed by atoms with E-state index in [1.54, 1.807) is 6.07 Å². The minimum absolute atomic E-state index is 0.184. The van der Waals surface area contributed by atoms with Gasteiger partial charge in [-0.2, -0.15) is 0 Å². The van der Waals surface area contributed by atoms with Crippen molar-refractivity contribution in [1.82, 2.24) is 0 Å². The molecule has 1 aromatic rings. The van der Waals surface area contributed by atoms with E-state index in [9.17, 15) is 4.39 Å². The van der Waals surface area contributed by atoms with Crippen molar-refractivity contribution in [3.05, 3.63) is 36.5 Å². The lowest BCUT2D eigenvalue weighted by molar-refractivity contribution is 0.619. The monoisotopic (exact) mass is 180 g/mol. The van der Waals surface area contributed by atoms with Crippen molar-refractivity contribution >= 4 is 5.69 Å². The molecule has 0 aliphatic carbocycles. The Morgan fingerprint density at radius 1 is 1.31 bits per heavy atom. The Labute approximate surface area is 79.2 Å². The highest BCUT2D eigenvalue weighted by Gasteiger charge is 2.07. The highest BCUT2D eigenvalue weighted by Crippen LogP contribution is 2.19. The van der Waals surface area contributed by atoms with Gasteiger partial charge in [0, 0.05) is 13.1 Å². The lowest BCUT2D eigenvalue weighted by atomic mass is 10.2. The Bertz CT molecular complexity index is 279. The van der Waals surface area contributed by atoms with Crippen molar-refractivity contribution in [2.45, 2.75) is 13.8 Å². The molecule has 2 heteroatoms. The smallest absolute Gasteiger partial charge is 0.146 e. The van der Waals surface area contributed by atoms with E-state index in [1.807, 2.05) is 24.8 Å². The van der Waals surface area contributed by atoms with Crippen molar-refractivity contribution < 1.29 is 4.39 Å². The van der Waals surface area contributed by atoms with Crippen molar-refractivity contribution in [3.8, 4) is 0 Å². The van der Waals surface area contributed by atoms with Crippen LogP contribution in [0.1, 0.15) is 19.4 Å². The Morgan fingerprint density at radius 2 is 1.92 bits per heavy atom. The van der Waals surface area contributed by atoms with Crippen molar-refractivity contribution in [3.63, 3.8) is 0 Å². The molecule has 0 saturated carbocycles. The average Bonchev–Trinajstić information content (AvgIpc) is 2.10. The molecule has 71 valence electrons. The van der Waals surface area contributed by atoms with Crippen LogP contribution in [-0.2, 0) is 0 Å². The molecule has 0 aliphatic heterocycles. The van der Waals surface area contributed by atoms with Gasteiger partial charge in [-0.25, -0.2) is 4.39 Å². The molecule has 0 amide bonds. The standard InChI is InChI=1S/C11H15FN/c1-4-13(5-2)11-7-6-9(3)8-10(11)12/h6-8H,3-5H2,1-2H3. The SMILES string of the molecule is [CH2]c1ccc(N(CC)CC)c(F)c1. The summed E-state index contributed by atoms with van der Waals surface area (Å²) in [4.78, 5) is 1.98. The molecule has 13 heavy (non-hydrogen) atoms. The maximum absolute atomic E-state index is 13.4. The van der Waals surface area contributed by atoms with Gasteiger partial charge in [0.15, 0.2) is 0 Å². The summed E-state index contributed by atoms with van der Waals surface area (Å²) in [6, 6.07) is 5.08. The van der Waals surface area contributed by atoms with Crippen LogP contribution < -0.4 is 4.90 Å². The average molecular weight is 180 g/mol. The van der Waals surface area contributed by atoms with Gasteiger partial charge in [-0.15, -0.1) is 0 Å². The Hall–Kier alpha value is -1.05. The summed E-state index contributed by atoms with van der Waals surface area (Å²) >= 11 is 0. The van der Waals surface area contributed by atoms with Crippen molar-refractivity contribution in [2.24, 2.45) is 0 Å². The molecule has 0 heterocycles. The fraction of sp³-hybridized carbons (Fsp3) is 0.364. The zero-order chi connectivity index (χ0) is 9.84. The third-order valence-corrected chi connectivity index (χ3v) is 2.12. The van der Waals surface area contributed by atoms with E-state index in [2.05, 4.69) is 6.92 Å². The Kier molecular flexibility index (Phi) is 3.29. The summed E-state index contributed by atoms with van der Waals surface area (Å²) in [5.74, 6) is -0.184. The maximum Gasteiger partial charge on any atom is 0.146 e. The molecular formula is C11H15FN. The number of hydrogen-bond donors (Lipinski definition) is 0. The van der Waals surface area contributed by atoms with E-state index in [-0.39, 0.29) is 5.82 Å². The van der Waals surface area contributed by atoms with Gasteiger partial charge in [0.2, 0.25) is 0 Å². The minimum atomic E-state index is -0.184. The number of halogens is 1. The molecule has 0 spiro atoms. The quantitative estimate of drug-likeness (QED) is 0.691. The number of rotatable bonds is 3. The lowest BCUT2D eigenvalue weighted by Gasteiger charge is -2.21. The molecule has 0 aromatic heterocycles. The van der Waals surface area contributed by atoms with Crippen LogP contribution in [0.5, 0.6) is 0 Å². The largest absolute Gasteiger partial charge is 0.370 e. The first kappa shape index (κ1) is 10.0. The summed E-state index contributed by atoms with van der Waals surface area (Å²) < 4.78 is 13.4. The number of benzene rings is 1. The fourth-order valence-electron chi connectivity index (χ4n) is 1.37. The van der Waals surface area contributed by atoms with Crippen LogP contribution in [0, 0.1) is 12.7 Å². The predicted octanol–water partition coefficient (Wildman–Crippen LogP) is 2.85. The Balaban J connectivity index is 2.99. The second-order valence-corrected chi connectivity index (χ2v) is 2.96. The van der Waals surface area contributed by atoms with Crippen molar-refractivity contribution in [2.75, 3.05) is 18.0 Å². The number of nitrogens with zero attached hydrogens (tertiary/aromatic N) is 1. The molecule has 0 fully saturated rings. The van der Waals surface area contributed by atoms with E-state index in [1.165, 1.54) is 6.07 Å². The zero-order valence-electron chi connectivity index (χ0n) is 8.18. The predicted molar refractivity (Wildman–Crippen MR) is 54.4 cm³/mol. The van der Waals surface area contributed by atoms with Gasteiger partial charge in [0.25, 0.3) is 0 Å². The van der Waals surface area contributed by atoms with Crippen LogP contribution in [-0.4, -0.2) is 13.1 Å². The molecule has 1 radical (unpaired) electrons. The summed E-state index contributed by atoms with van der Waals surface area (Å²) in [5.41, 5.74) is 1.38. The molecule has 0 bridgehead atoms. The third kappa shape index (κ3) is 2.20. The molecule has 1 aromatic carbocycles. The normalized spacial score (nSPS) is 10.2. The fourth-order valence-corrected chi connectivity index (χ4v) is 1.37. The summed E-state index contributed by atoms with van der Waals surface area (Å²) in [6.07, 6.45) is 0. The van der Waals surface area contributed by atoms with Gasteiger partial charge in [-0.3, -0.25) is 0 Å². The third-order valence-electron chi connectivity index (χ3n) is 2.12. The van der Waals surface area contributed by atoms with Gasteiger partial charge >= 0.3 is 0 Å². The van der Waals surface area contributed by atoms with Crippen LogP contribution >= 0.6 is 0 Å². The van der Waals surface area contributed by atoms with Gasteiger partial charge in [0.1, 0.15) is 5.82 Å². The van der Waals surface area contributed by atoms with Crippen molar-refractivity contribution in [1.29, 1.82) is 0 Å². The van der Waals surface area contributed by atoms with Gasteiger partial charge in [0.05, 0.1) is 5.69 Å². The second-order valence-electron chi connectivity index (χ2n) is 2.96. The molecule has 0 saturated heterocycles. The second kappa shape index (κ2) is 4.26. The van der Waals surface area contributed by atoms with Crippen LogP contribution in [0.3, 0.4) is 0 Å². The summed E-state index contributed by atoms with van der Waals surface area (Å²) in [6.45, 7) is 9.35. The molecular weight excluding hydrogens is 165 g/mol. The van der Waals surface area contributed by atoms with E-state index in [0.29, 0.717) is 11.3 Å². The molecule has 0 aliphatic rings. The number of anilines is 1. The van der Waals surface area contributed by atoms with Gasteiger partial charge in [-0.1, -0.05) is 6.07 Å². The molecule has 0 atom stereocenters. The first-order valence-electron chi connectivity index (χ1n) is 4.55. The van der Waals surface area contributed by atoms with Crippen LogP contribution in [0.4, 0.5) is 10.1 Å². The summed E-state index contributed by atoms with van der Waals surface area (Å²) in [5, 5.41) is 0. The first-order chi connectivity index (χ1) is 6.19. The maximum atomic E-state index is 13.4. The number of hydrogen-bond acceptors (Lipinski definition) is 1. The first-order valence-corrected chi connectivity index (χ1v) is 4.55. The van der Waals surface area contributed by atoms with Gasteiger partial charge < -0.3 is 4.90 Å². The van der Waals surface area contributed by atoms with E-state index < -0.39 is 0 Å². The molecule has 1 rings (SSSR count). The van der Waals surface area contributed by atoms with Crippen LogP contribution in [0.2, 0.25) is 0 Å². The lowest BCUT2D eigenvalue weighted by Crippen LogP contribution is -2.22. The highest BCUT2D eigenvalue weighted by atomic mass is 19.1. The van der Waals surface area contributed by atoms with Gasteiger partial charge in [-0.05, 0) is 38.5 Å². The van der Waals surface area contributed by atoms with Crippen LogP contribution in [0.25, 0.3) is 0 Å². The zero-order valence-corrected chi connectivity index (χ0v) is 8.18. The Morgan fingerprint density at radius 3 is 2.38 bits per heavy atom. The molecule has 0 N–H and O–H groups in total. The van der Waals surface area contributed by atoms with E-state index in [4.69, 9.17) is 0 Å². The summed E-state index contributed by atoms with van der Waals surface area (Å²) in [7, 11) is 0. The van der Waals surface area contributed by atoms with E-state index >= 15 is 0 Å². The molecule has 0 unspecified atom stereocenters. The van der Waals surface area contributed by atoms with E-state index in [0.717, 1.165) is 13.1 Å². The minimum Gasteiger partial charge on any atom is -0.370 e. The van der Waals surface area contributed by atoms with Crippen LogP contribution in [0.15, 0.2) is 18.2 Å². The molecule has 1 nitrogen and oxygen atoms in total.